The SMILES string of the molecule is O=C(NC1CCOc2ccccc21)c1cc(Cl)cc(Br)c1. The van der Waals surface area contributed by atoms with Crippen LogP contribution in [0.5, 0.6) is 5.75 Å². The number of halogens is 2. The van der Waals surface area contributed by atoms with Gasteiger partial charge in [-0.2, -0.15) is 0 Å². The highest BCUT2D eigenvalue weighted by Gasteiger charge is 2.23. The summed E-state index contributed by atoms with van der Waals surface area (Å²) in [5.41, 5.74) is 1.55. The summed E-state index contributed by atoms with van der Waals surface area (Å²) in [5.74, 6) is 0.696. The zero-order chi connectivity index (χ0) is 14.8. The molecule has 0 fully saturated rings. The van der Waals surface area contributed by atoms with Crippen LogP contribution in [0.2, 0.25) is 5.02 Å². The van der Waals surface area contributed by atoms with E-state index >= 15 is 0 Å². The Hall–Kier alpha value is -1.52. The van der Waals surface area contributed by atoms with Crippen LogP contribution >= 0.6 is 27.5 Å². The molecule has 1 aliphatic heterocycles. The van der Waals surface area contributed by atoms with Gasteiger partial charge in [-0.1, -0.05) is 45.7 Å². The zero-order valence-corrected chi connectivity index (χ0v) is 13.4. The molecule has 21 heavy (non-hydrogen) atoms. The van der Waals surface area contributed by atoms with Crippen molar-refractivity contribution < 1.29 is 9.53 Å². The molecule has 0 radical (unpaired) electrons. The minimum atomic E-state index is -0.139. The number of fused-ring (bicyclic) bond motifs is 1. The molecule has 1 N–H and O–H groups in total. The highest BCUT2D eigenvalue weighted by Crippen LogP contribution is 2.31. The molecule has 2 aromatic rings. The maximum atomic E-state index is 12.4. The normalized spacial score (nSPS) is 16.8. The molecule has 0 aromatic heterocycles. The molecule has 1 atom stereocenters. The van der Waals surface area contributed by atoms with E-state index < -0.39 is 0 Å². The van der Waals surface area contributed by atoms with Gasteiger partial charge in [0.1, 0.15) is 5.75 Å². The van der Waals surface area contributed by atoms with Gasteiger partial charge in [0.25, 0.3) is 5.91 Å². The molecule has 0 bridgehead atoms. The molecule has 0 spiro atoms. The lowest BCUT2D eigenvalue weighted by molar-refractivity contribution is 0.0924. The second-order valence-electron chi connectivity index (χ2n) is 4.86. The van der Waals surface area contributed by atoms with E-state index in [-0.39, 0.29) is 11.9 Å². The van der Waals surface area contributed by atoms with E-state index in [1.165, 1.54) is 0 Å². The van der Waals surface area contributed by atoms with Crippen molar-refractivity contribution in [2.45, 2.75) is 12.5 Å². The third-order valence-electron chi connectivity index (χ3n) is 3.39. The number of benzene rings is 2. The zero-order valence-electron chi connectivity index (χ0n) is 11.1. The summed E-state index contributed by atoms with van der Waals surface area (Å²) in [5, 5.41) is 3.58. The number of rotatable bonds is 2. The van der Waals surface area contributed by atoms with Gasteiger partial charge in [0.05, 0.1) is 12.6 Å². The van der Waals surface area contributed by atoms with E-state index in [0.717, 1.165) is 22.2 Å². The third kappa shape index (κ3) is 3.22. The van der Waals surface area contributed by atoms with Gasteiger partial charge in [-0.15, -0.1) is 0 Å². The van der Waals surface area contributed by atoms with Crippen LogP contribution in [0.25, 0.3) is 0 Å². The molecule has 1 aliphatic rings. The summed E-state index contributed by atoms with van der Waals surface area (Å²) < 4.78 is 6.38. The topological polar surface area (TPSA) is 38.3 Å². The Labute approximate surface area is 136 Å². The number of carbonyl (C=O) groups excluding carboxylic acids is 1. The molecule has 3 rings (SSSR count). The highest BCUT2D eigenvalue weighted by molar-refractivity contribution is 9.10. The fraction of sp³-hybridized carbons (Fsp3) is 0.188. The van der Waals surface area contributed by atoms with Crippen LogP contribution in [0.3, 0.4) is 0 Å². The van der Waals surface area contributed by atoms with Crippen molar-refractivity contribution in [3.05, 3.63) is 63.1 Å². The molecular weight excluding hydrogens is 354 g/mol. The second kappa shape index (κ2) is 6.08. The average molecular weight is 367 g/mol. The van der Waals surface area contributed by atoms with Crippen molar-refractivity contribution in [2.24, 2.45) is 0 Å². The van der Waals surface area contributed by atoms with Gasteiger partial charge in [-0.3, -0.25) is 4.79 Å². The molecule has 0 saturated carbocycles. The number of nitrogens with one attached hydrogen (secondary N) is 1. The van der Waals surface area contributed by atoms with Gasteiger partial charge in [0, 0.05) is 27.0 Å². The monoisotopic (exact) mass is 365 g/mol. The fourth-order valence-corrected chi connectivity index (χ4v) is 3.28. The lowest BCUT2D eigenvalue weighted by Crippen LogP contribution is -2.32. The molecule has 3 nitrogen and oxygen atoms in total. The van der Waals surface area contributed by atoms with Crippen molar-refractivity contribution in [1.82, 2.24) is 5.32 Å². The average Bonchev–Trinajstić information content (AvgIpc) is 2.46. The minimum absolute atomic E-state index is 0.0415. The summed E-state index contributed by atoms with van der Waals surface area (Å²) in [7, 11) is 0. The molecular formula is C16H13BrClNO2. The predicted octanol–water partition coefficient (Wildman–Crippen LogP) is 4.36. The van der Waals surface area contributed by atoms with Crippen molar-refractivity contribution >= 4 is 33.4 Å². The van der Waals surface area contributed by atoms with Crippen LogP contribution in [0.15, 0.2) is 46.9 Å². The standard InChI is InChI=1S/C16H13BrClNO2/c17-11-7-10(8-12(18)9-11)16(20)19-14-5-6-21-15-4-2-1-3-13(14)15/h1-4,7-9,14H,5-6H2,(H,19,20). The Kier molecular flexibility index (Phi) is 4.17. The lowest BCUT2D eigenvalue weighted by Gasteiger charge is -2.26. The van der Waals surface area contributed by atoms with Crippen molar-refractivity contribution in [2.75, 3.05) is 6.61 Å². The van der Waals surface area contributed by atoms with E-state index in [4.69, 9.17) is 16.3 Å². The van der Waals surface area contributed by atoms with Crippen LogP contribution in [0.1, 0.15) is 28.4 Å². The minimum Gasteiger partial charge on any atom is -0.493 e. The van der Waals surface area contributed by atoms with Crippen LogP contribution < -0.4 is 10.1 Å². The van der Waals surface area contributed by atoms with E-state index in [2.05, 4.69) is 21.2 Å². The molecule has 1 heterocycles. The largest absolute Gasteiger partial charge is 0.493 e. The predicted molar refractivity (Wildman–Crippen MR) is 85.9 cm³/mol. The number of para-hydroxylation sites is 1. The molecule has 1 unspecified atom stereocenters. The number of hydrogen-bond acceptors (Lipinski definition) is 2. The summed E-state index contributed by atoms with van der Waals surface area (Å²) in [6.07, 6.45) is 0.754. The van der Waals surface area contributed by atoms with E-state index in [1.54, 1.807) is 18.2 Å². The lowest BCUT2D eigenvalue weighted by atomic mass is 10.00. The Balaban J connectivity index is 1.82. The Morgan fingerprint density at radius 3 is 2.90 bits per heavy atom. The van der Waals surface area contributed by atoms with Gasteiger partial charge in [0.15, 0.2) is 0 Å². The second-order valence-corrected chi connectivity index (χ2v) is 6.21. The molecule has 0 aliphatic carbocycles. The van der Waals surface area contributed by atoms with Gasteiger partial charge >= 0.3 is 0 Å². The smallest absolute Gasteiger partial charge is 0.251 e. The first-order chi connectivity index (χ1) is 10.1. The fourth-order valence-electron chi connectivity index (χ4n) is 2.42. The quantitative estimate of drug-likeness (QED) is 0.858. The first-order valence-corrected chi connectivity index (χ1v) is 7.79. The van der Waals surface area contributed by atoms with Crippen LogP contribution in [0, 0.1) is 0 Å². The van der Waals surface area contributed by atoms with Gasteiger partial charge in [0.2, 0.25) is 0 Å². The Bertz CT molecular complexity index is 669. The molecule has 108 valence electrons. The first-order valence-electron chi connectivity index (χ1n) is 6.62. The summed E-state index contributed by atoms with van der Waals surface area (Å²) >= 11 is 9.34. The first kappa shape index (κ1) is 14.4. The van der Waals surface area contributed by atoms with E-state index in [0.29, 0.717) is 17.2 Å². The van der Waals surface area contributed by atoms with Gasteiger partial charge in [-0.25, -0.2) is 0 Å². The van der Waals surface area contributed by atoms with E-state index in [1.807, 2.05) is 24.3 Å². The third-order valence-corrected chi connectivity index (χ3v) is 4.06. The van der Waals surface area contributed by atoms with Crippen molar-refractivity contribution in [3.8, 4) is 5.75 Å². The van der Waals surface area contributed by atoms with Crippen molar-refractivity contribution in [1.29, 1.82) is 0 Å². The highest BCUT2D eigenvalue weighted by atomic mass is 79.9. The number of ether oxygens (including phenoxy) is 1. The summed E-state index contributed by atoms with van der Waals surface area (Å²) in [4.78, 5) is 12.4. The number of carbonyl (C=O) groups is 1. The van der Waals surface area contributed by atoms with Crippen molar-refractivity contribution in [3.63, 3.8) is 0 Å². The summed E-state index contributed by atoms with van der Waals surface area (Å²) in [6, 6.07) is 12.9. The summed E-state index contributed by atoms with van der Waals surface area (Å²) in [6.45, 7) is 0.598. The maximum Gasteiger partial charge on any atom is 0.251 e. The van der Waals surface area contributed by atoms with Gasteiger partial charge in [-0.05, 0) is 24.3 Å². The van der Waals surface area contributed by atoms with Gasteiger partial charge < -0.3 is 10.1 Å². The Morgan fingerprint density at radius 2 is 2.10 bits per heavy atom. The number of amides is 1. The maximum absolute atomic E-state index is 12.4. The molecule has 2 aromatic carbocycles. The molecule has 1 amide bonds. The molecule has 0 saturated heterocycles. The van der Waals surface area contributed by atoms with Crippen LogP contribution in [-0.2, 0) is 0 Å². The van der Waals surface area contributed by atoms with E-state index in [9.17, 15) is 4.79 Å². The van der Waals surface area contributed by atoms with Crippen LogP contribution in [-0.4, -0.2) is 12.5 Å². The van der Waals surface area contributed by atoms with Crippen LogP contribution in [0.4, 0.5) is 0 Å². The number of hydrogen-bond donors (Lipinski definition) is 1. The Morgan fingerprint density at radius 1 is 1.29 bits per heavy atom. The molecule has 5 heteroatoms.